The van der Waals surface area contributed by atoms with E-state index in [1.54, 1.807) is 13.1 Å². The largest absolute Gasteiger partial charge is 0.462 e. The number of aromatic nitrogens is 1. The van der Waals surface area contributed by atoms with Crippen LogP contribution < -0.4 is 5.32 Å². The number of aromatic amines is 1. The number of rotatable bonds is 7. The maximum absolute atomic E-state index is 12.1. The van der Waals surface area contributed by atoms with Crippen molar-refractivity contribution in [3.8, 4) is 0 Å². The maximum Gasteiger partial charge on any atom is 0.340 e. The summed E-state index contributed by atoms with van der Waals surface area (Å²) in [5.41, 5.74) is 1.86. The quantitative estimate of drug-likeness (QED) is 0.714. The van der Waals surface area contributed by atoms with Crippen LogP contribution in [0.4, 0.5) is 0 Å². The highest BCUT2D eigenvalue weighted by molar-refractivity contribution is 5.94. The molecule has 2 heterocycles. The summed E-state index contributed by atoms with van der Waals surface area (Å²) in [5, 5.41) is 2.89. The summed E-state index contributed by atoms with van der Waals surface area (Å²) in [7, 11) is 0. The van der Waals surface area contributed by atoms with E-state index in [9.17, 15) is 9.59 Å². The van der Waals surface area contributed by atoms with E-state index in [0.717, 1.165) is 38.4 Å². The van der Waals surface area contributed by atoms with E-state index in [0.29, 0.717) is 24.4 Å². The molecule has 1 aromatic rings. The molecule has 128 valence electrons. The first-order valence-electron chi connectivity index (χ1n) is 8.02. The lowest BCUT2D eigenvalue weighted by atomic mass is 10.1. The second kappa shape index (κ2) is 8.69. The van der Waals surface area contributed by atoms with Crippen LogP contribution in [0.3, 0.4) is 0 Å². The van der Waals surface area contributed by atoms with Crippen LogP contribution in [0.2, 0.25) is 0 Å². The number of esters is 1. The molecule has 7 nitrogen and oxygen atoms in total. The van der Waals surface area contributed by atoms with Gasteiger partial charge in [-0.2, -0.15) is 0 Å². The summed E-state index contributed by atoms with van der Waals surface area (Å²) in [5.74, 6) is -0.493. The first-order valence-corrected chi connectivity index (χ1v) is 8.02. The molecule has 0 atom stereocenters. The number of nitrogens with one attached hydrogen (secondary N) is 2. The van der Waals surface area contributed by atoms with Gasteiger partial charge in [0.1, 0.15) is 0 Å². The number of H-pyrrole nitrogens is 1. The van der Waals surface area contributed by atoms with Gasteiger partial charge in [-0.3, -0.25) is 9.69 Å². The molecule has 2 N–H and O–H groups in total. The van der Waals surface area contributed by atoms with Gasteiger partial charge in [-0.15, -0.1) is 0 Å². The summed E-state index contributed by atoms with van der Waals surface area (Å²) in [6.45, 7) is 8.60. The van der Waals surface area contributed by atoms with Crippen molar-refractivity contribution < 1.29 is 19.1 Å². The second-order valence-corrected chi connectivity index (χ2v) is 5.53. The van der Waals surface area contributed by atoms with E-state index >= 15 is 0 Å². The first kappa shape index (κ1) is 17.5. The van der Waals surface area contributed by atoms with Crippen LogP contribution in [0.1, 0.15) is 28.5 Å². The molecule has 1 aromatic heterocycles. The maximum atomic E-state index is 12.1. The SMILES string of the molecule is CCOC(=O)c1c(C)c[nH]c1CC(=O)NCCN1CCOCC1. The van der Waals surface area contributed by atoms with Gasteiger partial charge in [-0.1, -0.05) is 0 Å². The third-order valence-electron chi connectivity index (χ3n) is 3.83. The van der Waals surface area contributed by atoms with Gasteiger partial charge in [-0.25, -0.2) is 4.79 Å². The Hall–Kier alpha value is -1.86. The van der Waals surface area contributed by atoms with E-state index < -0.39 is 0 Å². The minimum atomic E-state index is -0.387. The average molecular weight is 323 g/mol. The Morgan fingerprint density at radius 3 is 2.83 bits per heavy atom. The lowest BCUT2D eigenvalue weighted by Crippen LogP contribution is -2.41. The molecular formula is C16H25N3O4. The number of carbonyl (C=O) groups is 2. The smallest absolute Gasteiger partial charge is 0.340 e. The molecular weight excluding hydrogens is 298 g/mol. The number of aryl methyl sites for hydroxylation is 1. The zero-order chi connectivity index (χ0) is 16.7. The van der Waals surface area contributed by atoms with Gasteiger partial charge >= 0.3 is 5.97 Å². The lowest BCUT2D eigenvalue weighted by Gasteiger charge is -2.26. The highest BCUT2D eigenvalue weighted by atomic mass is 16.5. The Morgan fingerprint density at radius 2 is 2.13 bits per heavy atom. The van der Waals surface area contributed by atoms with Gasteiger partial charge < -0.3 is 19.8 Å². The Labute approximate surface area is 136 Å². The van der Waals surface area contributed by atoms with Gasteiger partial charge in [-0.05, 0) is 19.4 Å². The van der Waals surface area contributed by atoms with Crippen LogP contribution in [0.25, 0.3) is 0 Å². The summed E-state index contributed by atoms with van der Waals surface area (Å²) in [6.07, 6.45) is 1.87. The molecule has 1 fully saturated rings. The molecule has 0 aliphatic carbocycles. The van der Waals surface area contributed by atoms with Gasteiger partial charge in [0, 0.05) is 38.1 Å². The van der Waals surface area contributed by atoms with Crippen molar-refractivity contribution in [2.75, 3.05) is 46.0 Å². The third kappa shape index (κ3) is 5.07. The standard InChI is InChI=1S/C16H25N3O4/c1-3-23-16(21)15-12(2)11-18-13(15)10-14(20)17-4-5-19-6-8-22-9-7-19/h11,18H,3-10H2,1-2H3,(H,17,20). The van der Waals surface area contributed by atoms with Gasteiger partial charge in [0.2, 0.25) is 5.91 Å². The topological polar surface area (TPSA) is 83.7 Å². The van der Waals surface area contributed by atoms with Crippen LogP contribution in [0, 0.1) is 6.92 Å². The zero-order valence-electron chi connectivity index (χ0n) is 13.8. The number of ether oxygens (including phenoxy) is 2. The van der Waals surface area contributed by atoms with E-state index in [1.807, 2.05) is 6.92 Å². The lowest BCUT2D eigenvalue weighted by molar-refractivity contribution is -0.120. The molecule has 1 saturated heterocycles. The van der Waals surface area contributed by atoms with Gasteiger partial charge in [0.15, 0.2) is 0 Å². The van der Waals surface area contributed by atoms with E-state index in [1.165, 1.54) is 0 Å². The molecule has 0 saturated carbocycles. The normalized spacial score (nSPS) is 15.4. The van der Waals surface area contributed by atoms with Gasteiger partial charge in [0.05, 0.1) is 31.8 Å². The first-order chi connectivity index (χ1) is 11.1. The fourth-order valence-electron chi connectivity index (χ4n) is 2.61. The van der Waals surface area contributed by atoms with Crippen molar-refractivity contribution in [2.45, 2.75) is 20.3 Å². The van der Waals surface area contributed by atoms with E-state index in [2.05, 4.69) is 15.2 Å². The monoisotopic (exact) mass is 323 g/mol. The Kier molecular flexibility index (Phi) is 6.61. The van der Waals surface area contributed by atoms with E-state index in [4.69, 9.17) is 9.47 Å². The fourth-order valence-corrected chi connectivity index (χ4v) is 2.61. The third-order valence-corrected chi connectivity index (χ3v) is 3.83. The van der Waals surface area contributed by atoms with Crippen molar-refractivity contribution >= 4 is 11.9 Å². The molecule has 1 aliphatic rings. The molecule has 2 rings (SSSR count). The summed E-state index contributed by atoms with van der Waals surface area (Å²) >= 11 is 0. The van der Waals surface area contributed by atoms with Crippen molar-refractivity contribution in [1.29, 1.82) is 0 Å². The minimum absolute atomic E-state index is 0.106. The molecule has 0 bridgehead atoms. The molecule has 1 amide bonds. The predicted octanol–water partition coefficient (Wildman–Crippen LogP) is 0.491. The van der Waals surface area contributed by atoms with Crippen molar-refractivity contribution in [3.05, 3.63) is 23.0 Å². The number of nitrogens with zero attached hydrogens (tertiary/aromatic N) is 1. The van der Waals surface area contributed by atoms with Crippen LogP contribution in [0.5, 0.6) is 0 Å². The molecule has 7 heteroatoms. The number of morpholine rings is 1. The molecule has 0 unspecified atom stereocenters. The number of hydrogen-bond donors (Lipinski definition) is 2. The minimum Gasteiger partial charge on any atom is -0.462 e. The van der Waals surface area contributed by atoms with Crippen LogP contribution >= 0.6 is 0 Å². The fraction of sp³-hybridized carbons (Fsp3) is 0.625. The zero-order valence-corrected chi connectivity index (χ0v) is 13.8. The Bertz CT molecular complexity index is 535. The average Bonchev–Trinajstić information content (AvgIpc) is 2.89. The molecule has 1 aliphatic heterocycles. The Balaban J connectivity index is 1.81. The van der Waals surface area contributed by atoms with Crippen molar-refractivity contribution in [1.82, 2.24) is 15.2 Å². The Morgan fingerprint density at radius 1 is 1.39 bits per heavy atom. The summed E-state index contributed by atoms with van der Waals surface area (Å²) in [4.78, 5) is 29.3. The molecule has 23 heavy (non-hydrogen) atoms. The predicted molar refractivity (Wildman–Crippen MR) is 85.5 cm³/mol. The van der Waals surface area contributed by atoms with Crippen LogP contribution in [-0.2, 0) is 20.7 Å². The van der Waals surface area contributed by atoms with Crippen LogP contribution in [0.15, 0.2) is 6.20 Å². The number of amides is 1. The highest BCUT2D eigenvalue weighted by Crippen LogP contribution is 2.15. The number of hydrogen-bond acceptors (Lipinski definition) is 5. The summed E-state index contributed by atoms with van der Waals surface area (Å²) in [6, 6.07) is 0. The van der Waals surface area contributed by atoms with E-state index in [-0.39, 0.29) is 18.3 Å². The van der Waals surface area contributed by atoms with Crippen LogP contribution in [-0.4, -0.2) is 67.8 Å². The second-order valence-electron chi connectivity index (χ2n) is 5.53. The molecule has 0 spiro atoms. The highest BCUT2D eigenvalue weighted by Gasteiger charge is 2.19. The molecule has 0 aromatic carbocycles. The van der Waals surface area contributed by atoms with Crippen molar-refractivity contribution in [3.63, 3.8) is 0 Å². The van der Waals surface area contributed by atoms with Gasteiger partial charge in [0.25, 0.3) is 0 Å². The summed E-state index contributed by atoms with van der Waals surface area (Å²) < 4.78 is 10.3. The van der Waals surface area contributed by atoms with Crippen molar-refractivity contribution in [2.24, 2.45) is 0 Å². The number of carbonyl (C=O) groups excluding carboxylic acids is 2. The molecule has 0 radical (unpaired) electrons.